The third-order valence-corrected chi connectivity index (χ3v) is 17.2. The van der Waals surface area contributed by atoms with Gasteiger partial charge in [0, 0.05) is 44.0 Å². The molecule has 0 aliphatic rings. The summed E-state index contributed by atoms with van der Waals surface area (Å²) in [6, 6.07) is 74.4. The molecule has 0 bridgehead atoms. The summed E-state index contributed by atoms with van der Waals surface area (Å²) in [7, 11) is -3.07. The van der Waals surface area contributed by atoms with Crippen molar-refractivity contribution in [3.05, 3.63) is 224 Å². The lowest BCUT2D eigenvalue weighted by molar-refractivity contribution is 0.579. The van der Waals surface area contributed by atoms with Crippen LogP contribution in [0.3, 0.4) is 0 Å². The molecule has 4 nitrogen and oxygen atoms in total. The maximum absolute atomic E-state index is 9.86. The van der Waals surface area contributed by atoms with Crippen molar-refractivity contribution < 1.29 is 4.42 Å². The van der Waals surface area contributed by atoms with Crippen LogP contribution < -0.4 is 20.7 Å². The van der Waals surface area contributed by atoms with Gasteiger partial charge < -0.3 is 13.6 Å². The molecule has 5 heteroatoms. The average Bonchev–Trinajstić information content (AvgIpc) is 3.95. The molecule has 0 aliphatic heterocycles. The van der Waals surface area contributed by atoms with E-state index < -0.39 is 8.07 Å². The van der Waals surface area contributed by atoms with Crippen molar-refractivity contribution in [3.63, 3.8) is 0 Å². The number of aromatic nitrogens is 2. The predicted molar refractivity (Wildman–Crippen MR) is 256 cm³/mol. The van der Waals surface area contributed by atoms with Crippen LogP contribution in [0.25, 0.3) is 72.4 Å². The lowest BCUT2D eigenvalue weighted by Crippen LogP contribution is -2.74. The minimum Gasteiger partial charge on any atom is -0.461 e. The molecule has 0 unspecified atom stereocenters. The predicted octanol–water partition coefficient (Wildman–Crippen LogP) is 11.3. The van der Waals surface area contributed by atoms with Crippen molar-refractivity contribution in [1.29, 1.82) is 5.26 Å². The molecule has 0 atom stereocenters. The van der Waals surface area contributed by atoms with Gasteiger partial charge in [-0.1, -0.05) is 152 Å². The quantitative estimate of drug-likeness (QED) is 0.114. The van der Waals surface area contributed by atoms with E-state index in [1.165, 1.54) is 20.7 Å². The number of hydrogen-bond donors (Lipinski definition) is 0. The second-order valence-corrected chi connectivity index (χ2v) is 19.4. The Bertz CT molecular complexity index is 3490. The number of benzene rings is 8. The summed E-state index contributed by atoms with van der Waals surface area (Å²) in [5.41, 5.74) is 10.1. The standard InChI is InChI=1S/C56H39N3OSi/c1-3-46-47-26-10-14-30-52(47)59(56(46)55-38(2)60-54-31-15-12-28-49(54)55)41-19-17-25-45(36-41)61(42-20-6-4-7-21-42,43-22-8-5-9-23-43)44-24-16-18-40(35-44)58-51-29-13-11-27-48(51)50-34-39(37-57)32-33-53(50)58/h3-36H,1H2,2H3. The van der Waals surface area contributed by atoms with E-state index in [0.717, 1.165) is 77.6 Å². The topological polar surface area (TPSA) is 46.8 Å². The van der Waals surface area contributed by atoms with Crippen LogP contribution in [0.5, 0.6) is 0 Å². The van der Waals surface area contributed by atoms with Gasteiger partial charge in [-0.15, -0.1) is 0 Å². The van der Waals surface area contributed by atoms with Crippen LogP contribution >= 0.6 is 0 Å². The van der Waals surface area contributed by atoms with Gasteiger partial charge in [0.1, 0.15) is 11.3 Å². The van der Waals surface area contributed by atoms with Crippen molar-refractivity contribution in [1.82, 2.24) is 9.13 Å². The van der Waals surface area contributed by atoms with Crippen LogP contribution in [-0.2, 0) is 0 Å². The highest BCUT2D eigenvalue weighted by molar-refractivity contribution is 7.20. The number of hydrogen-bond acceptors (Lipinski definition) is 2. The van der Waals surface area contributed by atoms with E-state index in [1.807, 2.05) is 30.3 Å². The van der Waals surface area contributed by atoms with Crippen LogP contribution in [0.15, 0.2) is 211 Å². The molecule has 11 aromatic rings. The first-order chi connectivity index (χ1) is 30.1. The molecule has 0 saturated heterocycles. The van der Waals surface area contributed by atoms with Gasteiger partial charge in [0.05, 0.1) is 33.9 Å². The number of rotatable bonds is 8. The number of para-hydroxylation sites is 3. The zero-order valence-electron chi connectivity index (χ0n) is 33.6. The molecular formula is C56H39N3OSi. The fourth-order valence-corrected chi connectivity index (χ4v) is 14.7. The Morgan fingerprint density at radius 2 is 1.03 bits per heavy atom. The normalized spacial score (nSPS) is 11.7. The number of furan rings is 1. The number of fused-ring (bicyclic) bond motifs is 5. The smallest absolute Gasteiger partial charge is 0.179 e. The minimum absolute atomic E-state index is 0.651. The van der Waals surface area contributed by atoms with Gasteiger partial charge >= 0.3 is 0 Å². The summed E-state index contributed by atoms with van der Waals surface area (Å²) >= 11 is 0. The van der Waals surface area contributed by atoms with Crippen molar-refractivity contribution in [3.8, 4) is 28.7 Å². The van der Waals surface area contributed by atoms with E-state index in [9.17, 15) is 5.26 Å². The van der Waals surface area contributed by atoms with Gasteiger partial charge in [-0.05, 0) is 88.3 Å². The third-order valence-electron chi connectivity index (χ3n) is 12.4. The zero-order valence-corrected chi connectivity index (χ0v) is 34.6. The SMILES string of the molecule is C=Cc1c(-c2c(C)oc3ccccc23)n(-c2cccc([Si](c3ccccc3)(c3ccccc3)c3cccc(-n4c5ccccc5c5cc(C#N)ccc54)c3)c2)c2ccccc12. The molecular weight excluding hydrogens is 759 g/mol. The van der Waals surface area contributed by atoms with Crippen molar-refractivity contribution >= 4 is 78.6 Å². The number of nitrogens with zero attached hydrogens (tertiary/aromatic N) is 3. The highest BCUT2D eigenvalue weighted by Gasteiger charge is 2.42. The Morgan fingerprint density at radius 3 is 1.67 bits per heavy atom. The van der Waals surface area contributed by atoms with Crippen LogP contribution in [0.4, 0.5) is 0 Å². The first-order valence-electron chi connectivity index (χ1n) is 20.6. The molecule has 61 heavy (non-hydrogen) atoms. The first kappa shape index (κ1) is 36.2. The Hall–Kier alpha value is -7.91. The van der Waals surface area contributed by atoms with Crippen LogP contribution in [0.2, 0.25) is 0 Å². The summed E-state index contributed by atoms with van der Waals surface area (Å²) in [6.07, 6.45) is 1.99. The molecule has 8 aromatic carbocycles. The second-order valence-electron chi connectivity index (χ2n) is 15.6. The summed E-state index contributed by atoms with van der Waals surface area (Å²) in [6.45, 7) is 6.43. The largest absolute Gasteiger partial charge is 0.461 e. The summed E-state index contributed by atoms with van der Waals surface area (Å²) in [4.78, 5) is 0. The fraction of sp³-hybridized carbons (Fsp3) is 0.0179. The lowest BCUT2D eigenvalue weighted by Gasteiger charge is -2.35. The maximum Gasteiger partial charge on any atom is 0.179 e. The molecule has 0 fully saturated rings. The molecule has 0 radical (unpaired) electrons. The van der Waals surface area contributed by atoms with Crippen molar-refractivity contribution in [2.45, 2.75) is 6.92 Å². The van der Waals surface area contributed by atoms with E-state index in [1.54, 1.807) is 0 Å². The van der Waals surface area contributed by atoms with Gasteiger partial charge in [0.25, 0.3) is 0 Å². The van der Waals surface area contributed by atoms with Crippen molar-refractivity contribution in [2.24, 2.45) is 0 Å². The summed E-state index contributed by atoms with van der Waals surface area (Å²) in [5.74, 6) is 0.868. The molecule has 288 valence electrons. The van der Waals surface area contributed by atoms with E-state index in [0.29, 0.717) is 5.56 Å². The fourth-order valence-electron chi connectivity index (χ4n) is 9.90. The maximum atomic E-state index is 9.86. The van der Waals surface area contributed by atoms with Crippen LogP contribution in [0.1, 0.15) is 16.9 Å². The van der Waals surface area contributed by atoms with Gasteiger partial charge in [-0.25, -0.2) is 0 Å². The number of aryl methyl sites for hydroxylation is 1. The van der Waals surface area contributed by atoms with E-state index in [4.69, 9.17) is 4.42 Å². The van der Waals surface area contributed by atoms with Crippen LogP contribution in [-0.4, -0.2) is 17.2 Å². The minimum atomic E-state index is -3.07. The molecule has 3 heterocycles. The van der Waals surface area contributed by atoms with Gasteiger partial charge in [0.2, 0.25) is 0 Å². The zero-order chi connectivity index (χ0) is 41.1. The average molecular weight is 798 g/mol. The summed E-state index contributed by atoms with van der Waals surface area (Å²) < 4.78 is 11.2. The van der Waals surface area contributed by atoms with Crippen molar-refractivity contribution in [2.75, 3.05) is 0 Å². The van der Waals surface area contributed by atoms with E-state index in [-0.39, 0.29) is 0 Å². The monoisotopic (exact) mass is 797 g/mol. The van der Waals surface area contributed by atoms with E-state index in [2.05, 4.69) is 205 Å². The Balaban J connectivity index is 1.22. The summed E-state index contributed by atoms with van der Waals surface area (Å²) in [5, 5.41) is 19.4. The van der Waals surface area contributed by atoms with Gasteiger partial charge in [-0.2, -0.15) is 5.26 Å². The molecule has 3 aromatic heterocycles. The molecule has 0 N–H and O–H groups in total. The molecule has 0 spiro atoms. The Morgan fingerprint density at radius 1 is 0.508 bits per heavy atom. The number of nitriles is 1. The Kier molecular flexibility index (Phi) is 8.56. The molecule has 0 saturated carbocycles. The van der Waals surface area contributed by atoms with Gasteiger partial charge in [-0.3, -0.25) is 0 Å². The van der Waals surface area contributed by atoms with E-state index >= 15 is 0 Å². The molecule has 0 amide bonds. The molecule has 11 rings (SSSR count). The highest BCUT2D eigenvalue weighted by atomic mass is 28.3. The Labute approximate surface area is 355 Å². The second kappa shape index (κ2) is 14.4. The first-order valence-corrected chi connectivity index (χ1v) is 22.6. The van der Waals surface area contributed by atoms with Gasteiger partial charge in [0.15, 0.2) is 8.07 Å². The third kappa shape index (κ3) is 5.50. The highest BCUT2D eigenvalue weighted by Crippen LogP contribution is 2.43. The molecule has 0 aliphatic carbocycles. The lowest BCUT2D eigenvalue weighted by atomic mass is 10.0. The van der Waals surface area contributed by atoms with Crippen LogP contribution in [0, 0.1) is 18.3 Å².